The van der Waals surface area contributed by atoms with Crippen molar-refractivity contribution in [3.05, 3.63) is 52.9 Å². The molecule has 5 heteroatoms. The zero-order valence-electron chi connectivity index (χ0n) is 18.0. The van der Waals surface area contributed by atoms with Crippen LogP contribution in [0.2, 0.25) is 0 Å². The van der Waals surface area contributed by atoms with Gasteiger partial charge in [0.15, 0.2) is 0 Å². The van der Waals surface area contributed by atoms with E-state index in [4.69, 9.17) is 16.3 Å². The van der Waals surface area contributed by atoms with Gasteiger partial charge < -0.3 is 4.74 Å². The first-order valence-corrected chi connectivity index (χ1v) is 10.7. The molecule has 0 aliphatic heterocycles. The number of hydrogen-bond donors (Lipinski definition) is 0. The molecule has 1 heterocycles. The molecule has 0 atom stereocenters. The van der Waals surface area contributed by atoms with Gasteiger partial charge in [-0.25, -0.2) is 9.36 Å². The highest BCUT2D eigenvalue weighted by Crippen LogP contribution is 2.25. The van der Waals surface area contributed by atoms with Gasteiger partial charge in [-0.1, -0.05) is 32.0 Å². The Morgan fingerprint density at radius 1 is 1.14 bits per heavy atom. The van der Waals surface area contributed by atoms with Crippen molar-refractivity contribution in [3.8, 4) is 0 Å². The number of Topliss-reactive ketones (excluding diaryl/α,β-unsaturated/α-hetero) is 1. The number of allylic oxidation sites excluding steroid dienone is 1. The Morgan fingerprint density at radius 2 is 1.79 bits per heavy atom. The maximum atomic E-state index is 13.5. The van der Waals surface area contributed by atoms with Crippen LogP contribution in [-0.2, 0) is 4.74 Å². The van der Waals surface area contributed by atoms with Gasteiger partial charge in [0.25, 0.3) is 0 Å². The number of nitrogens with zero attached hydrogens (tertiary/aromatic N) is 1. The number of fused-ring (bicyclic) bond motifs is 1. The van der Waals surface area contributed by atoms with Crippen LogP contribution in [0.5, 0.6) is 0 Å². The largest absolute Gasteiger partial charge is 0.443 e. The number of aromatic nitrogens is 1. The number of halogens is 1. The van der Waals surface area contributed by atoms with E-state index in [1.807, 2.05) is 38.1 Å². The first-order chi connectivity index (χ1) is 13.7. The molecule has 2 aromatic rings. The van der Waals surface area contributed by atoms with Crippen molar-refractivity contribution in [2.75, 3.05) is 5.88 Å². The number of ether oxygens (including phenoxy) is 1. The molecule has 0 aliphatic carbocycles. The molecule has 0 fully saturated rings. The second kappa shape index (κ2) is 9.96. The first-order valence-electron chi connectivity index (χ1n) is 10.1. The summed E-state index contributed by atoms with van der Waals surface area (Å²) in [6, 6.07) is 9.17. The average Bonchev–Trinajstić information content (AvgIpc) is 3.06. The zero-order valence-corrected chi connectivity index (χ0v) is 18.7. The van der Waals surface area contributed by atoms with Crippen LogP contribution in [0.15, 0.2) is 47.2 Å². The first kappa shape index (κ1) is 23.0. The van der Waals surface area contributed by atoms with E-state index in [0.29, 0.717) is 35.5 Å². The molecule has 0 amide bonds. The van der Waals surface area contributed by atoms with Crippen molar-refractivity contribution in [2.24, 2.45) is 0 Å². The highest BCUT2D eigenvalue weighted by molar-refractivity contribution is 6.18. The molecule has 1 aromatic carbocycles. The molecule has 4 nitrogen and oxygen atoms in total. The Kier molecular flexibility index (Phi) is 7.89. The Hall–Kier alpha value is -2.29. The summed E-state index contributed by atoms with van der Waals surface area (Å²) in [6.07, 6.45) is 2.27. The third-order valence-corrected chi connectivity index (χ3v) is 4.80. The molecular weight excluding hydrogens is 386 g/mol. The fourth-order valence-electron chi connectivity index (χ4n) is 3.10. The third kappa shape index (κ3) is 5.85. The standard InChI is InChI=1S/C24H30ClNO3/c1-6-17(7-2)15-19(12-10-14-25)22(27)21-16-18-11-8-9-13-20(18)26(21)23(28)29-24(3,4)5/h8-9,11,13,16H,6-7,10,12,14H2,1-5H3. The molecule has 0 aliphatic rings. The molecule has 0 bridgehead atoms. The van der Waals surface area contributed by atoms with Gasteiger partial charge in [-0.2, -0.15) is 0 Å². The molecule has 0 N–H and O–H groups in total. The minimum absolute atomic E-state index is 0.212. The van der Waals surface area contributed by atoms with Crippen LogP contribution in [0.4, 0.5) is 4.79 Å². The molecule has 29 heavy (non-hydrogen) atoms. The maximum absolute atomic E-state index is 13.5. The van der Waals surface area contributed by atoms with Crippen molar-refractivity contribution in [2.45, 2.75) is 65.9 Å². The molecule has 1 aromatic heterocycles. The van der Waals surface area contributed by atoms with E-state index >= 15 is 0 Å². The summed E-state index contributed by atoms with van der Waals surface area (Å²) >= 11 is 5.88. The highest BCUT2D eigenvalue weighted by atomic mass is 35.5. The van der Waals surface area contributed by atoms with Crippen LogP contribution in [0, 0.1) is 0 Å². The van der Waals surface area contributed by atoms with Gasteiger partial charge in [-0.05, 0) is 64.2 Å². The van der Waals surface area contributed by atoms with Gasteiger partial charge in [0.2, 0.25) is 5.78 Å². The summed E-state index contributed by atoms with van der Waals surface area (Å²) < 4.78 is 6.96. The summed E-state index contributed by atoms with van der Waals surface area (Å²) in [6.45, 7) is 9.52. The number of rotatable bonds is 7. The van der Waals surface area contributed by atoms with Crippen molar-refractivity contribution in [3.63, 3.8) is 0 Å². The lowest BCUT2D eigenvalue weighted by atomic mass is 10.0. The Labute approximate surface area is 178 Å². The topological polar surface area (TPSA) is 48.3 Å². The predicted octanol–water partition coefficient (Wildman–Crippen LogP) is 6.90. The number of hydrogen-bond acceptors (Lipinski definition) is 3. The van der Waals surface area contributed by atoms with Crippen LogP contribution in [0.25, 0.3) is 10.9 Å². The van der Waals surface area contributed by atoms with Crippen LogP contribution in [0.3, 0.4) is 0 Å². The zero-order chi connectivity index (χ0) is 21.6. The van der Waals surface area contributed by atoms with E-state index in [1.165, 1.54) is 4.57 Å². The fraction of sp³-hybridized carbons (Fsp3) is 0.458. The SMILES string of the molecule is CCC(=C=C(CCCCl)C(=O)c1cc2ccccc2n1C(=O)OC(C)(C)C)CC. The lowest BCUT2D eigenvalue weighted by Crippen LogP contribution is -2.29. The maximum Gasteiger partial charge on any atom is 0.419 e. The highest BCUT2D eigenvalue weighted by Gasteiger charge is 2.26. The van der Waals surface area contributed by atoms with E-state index in [1.54, 1.807) is 26.8 Å². The second-order valence-corrected chi connectivity index (χ2v) is 8.32. The van der Waals surface area contributed by atoms with Crippen LogP contribution in [-0.4, -0.2) is 27.9 Å². The van der Waals surface area contributed by atoms with Gasteiger partial charge >= 0.3 is 6.09 Å². The minimum Gasteiger partial charge on any atom is -0.443 e. The summed E-state index contributed by atoms with van der Waals surface area (Å²) in [5.41, 5.74) is 5.21. The Bertz CT molecular complexity index is 950. The average molecular weight is 416 g/mol. The van der Waals surface area contributed by atoms with Crippen molar-refractivity contribution < 1.29 is 14.3 Å². The summed E-state index contributed by atoms with van der Waals surface area (Å²) in [5, 5.41) is 0.814. The smallest absolute Gasteiger partial charge is 0.419 e. The van der Waals surface area contributed by atoms with Crippen molar-refractivity contribution in [1.82, 2.24) is 4.57 Å². The van der Waals surface area contributed by atoms with E-state index in [-0.39, 0.29) is 5.78 Å². The molecule has 0 saturated heterocycles. The Balaban J connectivity index is 2.66. The van der Waals surface area contributed by atoms with Crippen molar-refractivity contribution in [1.29, 1.82) is 0 Å². The normalized spacial score (nSPS) is 11.2. The summed E-state index contributed by atoms with van der Waals surface area (Å²) in [7, 11) is 0. The van der Waals surface area contributed by atoms with E-state index in [2.05, 4.69) is 5.73 Å². The summed E-state index contributed by atoms with van der Waals surface area (Å²) in [5.74, 6) is 0.248. The number of carbonyl (C=O) groups is 2. The second-order valence-electron chi connectivity index (χ2n) is 7.94. The van der Waals surface area contributed by atoms with Gasteiger partial charge in [-0.3, -0.25) is 4.79 Å². The van der Waals surface area contributed by atoms with Gasteiger partial charge in [0.05, 0.1) is 5.52 Å². The van der Waals surface area contributed by atoms with E-state index in [0.717, 1.165) is 23.8 Å². The van der Waals surface area contributed by atoms with Crippen molar-refractivity contribution >= 4 is 34.4 Å². The number of benzene rings is 1. The third-order valence-electron chi connectivity index (χ3n) is 4.54. The lowest BCUT2D eigenvalue weighted by molar-refractivity contribution is 0.0536. The summed E-state index contributed by atoms with van der Waals surface area (Å²) in [4.78, 5) is 26.5. The number of ketones is 1. The molecule has 0 spiro atoms. The molecule has 0 radical (unpaired) electrons. The number of para-hydroxylation sites is 1. The van der Waals surface area contributed by atoms with E-state index < -0.39 is 11.7 Å². The molecular formula is C24H30ClNO3. The van der Waals surface area contributed by atoms with Crippen LogP contribution < -0.4 is 0 Å². The Morgan fingerprint density at radius 3 is 2.38 bits per heavy atom. The molecule has 0 saturated carbocycles. The minimum atomic E-state index is -0.669. The molecule has 0 unspecified atom stereocenters. The lowest BCUT2D eigenvalue weighted by Gasteiger charge is -2.21. The van der Waals surface area contributed by atoms with Gasteiger partial charge in [0, 0.05) is 16.8 Å². The quantitative estimate of drug-likeness (QED) is 0.214. The van der Waals surface area contributed by atoms with E-state index in [9.17, 15) is 9.59 Å². The monoisotopic (exact) mass is 415 g/mol. The van der Waals surface area contributed by atoms with Gasteiger partial charge in [-0.15, -0.1) is 17.3 Å². The molecule has 156 valence electrons. The molecule has 2 rings (SSSR count). The van der Waals surface area contributed by atoms with Gasteiger partial charge in [0.1, 0.15) is 11.3 Å². The fourth-order valence-corrected chi connectivity index (χ4v) is 3.23. The number of carbonyl (C=O) groups excluding carboxylic acids is 2. The van der Waals surface area contributed by atoms with Crippen LogP contribution >= 0.6 is 11.6 Å². The number of alkyl halides is 1. The van der Waals surface area contributed by atoms with Crippen LogP contribution in [0.1, 0.15) is 70.8 Å². The predicted molar refractivity (Wildman–Crippen MR) is 119 cm³/mol.